The fourth-order valence-corrected chi connectivity index (χ4v) is 3.08. The Morgan fingerprint density at radius 1 is 1.41 bits per heavy atom. The third-order valence-corrected chi connectivity index (χ3v) is 4.78. The predicted molar refractivity (Wildman–Crippen MR) is 84.1 cm³/mol. The van der Waals surface area contributed by atoms with Gasteiger partial charge in [-0.3, -0.25) is 14.7 Å². The van der Waals surface area contributed by atoms with Gasteiger partial charge in [0.05, 0.1) is 0 Å². The molecule has 2 fully saturated rings. The molecule has 0 aromatic carbocycles. The number of aliphatic hydroxyl groups is 1. The fourth-order valence-electron chi connectivity index (χ4n) is 3.08. The van der Waals surface area contributed by atoms with E-state index in [1.165, 1.54) is 5.56 Å². The van der Waals surface area contributed by atoms with Crippen molar-refractivity contribution in [2.24, 2.45) is 5.92 Å². The zero-order valence-corrected chi connectivity index (χ0v) is 13.2. The SMILES string of the molecule is Cc1ncccc1CN1CCC([C@H](O)C(=O)NC2CC2)CC1. The summed E-state index contributed by atoms with van der Waals surface area (Å²) in [6.07, 6.45) is 4.84. The maximum Gasteiger partial charge on any atom is 0.249 e. The number of aryl methyl sites for hydroxylation is 1. The summed E-state index contributed by atoms with van der Waals surface area (Å²) in [6, 6.07) is 4.41. The summed E-state index contributed by atoms with van der Waals surface area (Å²) < 4.78 is 0. The Balaban J connectivity index is 1.47. The minimum absolute atomic E-state index is 0.0880. The molecule has 1 aliphatic heterocycles. The van der Waals surface area contributed by atoms with E-state index >= 15 is 0 Å². The molecule has 0 spiro atoms. The van der Waals surface area contributed by atoms with Gasteiger partial charge in [0, 0.05) is 24.5 Å². The van der Waals surface area contributed by atoms with E-state index in [4.69, 9.17) is 0 Å². The monoisotopic (exact) mass is 303 g/mol. The minimum atomic E-state index is -0.845. The van der Waals surface area contributed by atoms with Crippen LogP contribution in [0.2, 0.25) is 0 Å². The molecule has 5 nitrogen and oxygen atoms in total. The molecule has 1 aromatic heterocycles. The van der Waals surface area contributed by atoms with Gasteiger partial charge in [0.2, 0.25) is 5.91 Å². The van der Waals surface area contributed by atoms with Gasteiger partial charge in [-0.1, -0.05) is 6.07 Å². The summed E-state index contributed by atoms with van der Waals surface area (Å²) in [5.41, 5.74) is 2.33. The lowest BCUT2D eigenvalue weighted by molar-refractivity contribution is -0.133. The van der Waals surface area contributed by atoms with E-state index in [1.54, 1.807) is 0 Å². The van der Waals surface area contributed by atoms with Crippen molar-refractivity contribution in [1.82, 2.24) is 15.2 Å². The minimum Gasteiger partial charge on any atom is -0.383 e. The molecule has 0 unspecified atom stereocenters. The summed E-state index contributed by atoms with van der Waals surface area (Å²) in [7, 11) is 0. The van der Waals surface area contributed by atoms with Crippen molar-refractivity contribution in [2.75, 3.05) is 13.1 Å². The lowest BCUT2D eigenvalue weighted by atomic mass is 9.90. The van der Waals surface area contributed by atoms with E-state index in [0.717, 1.165) is 51.0 Å². The van der Waals surface area contributed by atoms with Crippen molar-refractivity contribution in [3.8, 4) is 0 Å². The topological polar surface area (TPSA) is 65.5 Å². The first-order valence-corrected chi connectivity index (χ1v) is 8.25. The van der Waals surface area contributed by atoms with Crippen molar-refractivity contribution in [3.05, 3.63) is 29.6 Å². The highest BCUT2D eigenvalue weighted by atomic mass is 16.3. The molecule has 1 aromatic rings. The Labute approximate surface area is 131 Å². The number of hydrogen-bond donors (Lipinski definition) is 2. The van der Waals surface area contributed by atoms with Crippen molar-refractivity contribution >= 4 is 5.91 Å². The summed E-state index contributed by atoms with van der Waals surface area (Å²) in [6.45, 7) is 4.78. The van der Waals surface area contributed by atoms with E-state index < -0.39 is 6.10 Å². The van der Waals surface area contributed by atoms with Crippen LogP contribution in [0.1, 0.15) is 36.9 Å². The van der Waals surface area contributed by atoms with Crippen molar-refractivity contribution in [3.63, 3.8) is 0 Å². The largest absolute Gasteiger partial charge is 0.383 e. The molecule has 2 heterocycles. The van der Waals surface area contributed by atoms with Gasteiger partial charge < -0.3 is 10.4 Å². The van der Waals surface area contributed by atoms with Gasteiger partial charge in [-0.05, 0) is 63.2 Å². The van der Waals surface area contributed by atoms with E-state index in [0.29, 0.717) is 6.04 Å². The van der Waals surface area contributed by atoms with Crippen LogP contribution in [-0.4, -0.2) is 46.1 Å². The number of aliphatic hydroxyl groups excluding tert-OH is 1. The Morgan fingerprint density at radius 3 is 2.77 bits per heavy atom. The lowest BCUT2D eigenvalue weighted by Crippen LogP contribution is -2.45. The second-order valence-electron chi connectivity index (χ2n) is 6.59. The number of carbonyl (C=O) groups is 1. The average Bonchev–Trinajstić information content (AvgIpc) is 3.33. The molecular weight excluding hydrogens is 278 g/mol. The van der Waals surface area contributed by atoms with Crippen molar-refractivity contribution < 1.29 is 9.90 Å². The number of rotatable bonds is 5. The van der Waals surface area contributed by atoms with Gasteiger partial charge >= 0.3 is 0 Å². The number of piperidine rings is 1. The van der Waals surface area contributed by atoms with Crippen LogP contribution in [0.4, 0.5) is 0 Å². The molecule has 1 aliphatic carbocycles. The summed E-state index contributed by atoms with van der Waals surface area (Å²) in [4.78, 5) is 18.6. The first kappa shape index (κ1) is 15.4. The van der Waals surface area contributed by atoms with Crippen LogP contribution in [-0.2, 0) is 11.3 Å². The van der Waals surface area contributed by atoms with Crippen LogP contribution in [0.15, 0.2) is 18.3 Å². The summed E-state index contributed by atoms with van der Waals surface area (Å²) in [5.74, 6) is -0.0888. The first-order chi connectivity index (χ1) is 10.6. The number of carbonyl (C=O) groups excluding carboxylic acids is 1. The van der Waals surface area contributed by atoms with E-state index in [-0.39, 0.29) is 11.8 Å². The van der Waals surface area contributed by atoms with Crippen molar-refractivity contribution in [2.45, 2.75) is 51.3 Å². The number of hydrogen-bond acceptors (Lipinski definition) is 4. The fraction of sp³-hybridized carbons (Fsp3) is 0.647. The molecule has 2 N–H and O–H groups in total. The van der Waals surface area contributed by atoms with E-state index in [1.807, 2.05) is 19.2 Å². The van der Waals surface area contributed by atoms with Crippen LogP contribution < -0.4 is 5.32 Å². The van der Waals surface area contributed by atoms with Crippen LogP contribution in [0.25, 0.3) is 0 Å². The Hall–Kier alpha value is -1.46. The summed E-state index contributed by atoms with van der Waals surface area (Å²) in [5, 5.41) is 13.1. The lowest BCUT2D eigenvalue weighted by Gasteiger charge is -2.33. The van der Waals surface area contributed by atoms with Crippen LogP contribution in [0.3, 0.4) is 0 Å². The van der Waals surface area contributed by atoms with Gasteiger partial charge in [-0.2, -0.15) is 0 Å². The standard InChI is InChI=1S/C17H25N3O2/c1-12-14(3-2-8-18-12)11-20-9-6-13(7-10-20)16(21)17(22)19-15-4-5-15/h2-3,8,13,15-16,21H,4-7,9-11H2,1H3,(H,19,22)/t16-/m0/s1. The van der Waals surface area contributed by atoms with Crippen LogP contribution in [0, 0.1) is 12.8 Å². The summed E-state index contributed by atoms with van der Waals surface area (Å²) >= 11 is 0. The maximum absolute atomic E-state index is 11.9. The molecule has 3 rings (SSSR count). The zero-order chi connectivity index (χ0) is 15.5. The molecule has 120 valence electrons. The highest BCUT2D eigenvalue weighted by Crippen LogP contribution is 2.24. The molecule has 1 saturated carbocycles. The highest BCUT2D eigenvalue weighted by molar-refractivity contribution is 5.81. The average molecular weight is 303 g/mol. The molecule has 0 radical (unpaired) electrons. The molecule has 5 heteroatoms. The Bertz CT molecular complexity index is 522. The number of nitrogens with zero attached hydrogens (tertiary/aromatic N) is 2. The Kier molecular flexibility index (Phi) is 4.74. The zero-order valence-electron chi connectivity index (χ0n) is 13.2. The van der Waals surface area contributed by atoms with Gasteiger partial charge in [-0.15, -0.1) is 0 Å². The first-order valence-electron chi connectivity index (χ1n) is 8.25. The number of pyridine rings is 1. The Morgan fingerprint density at radius 2 is 2.14 bits per heavy atom. The highest BCUT2D eigenvalue weighted by Gasteiger charge is 2.32. The number of nitrogens with one attached hydrogen (secondary N) is 1. The molecule has 0 bridgehead atoms. The van der Waals surface area contributed by atoms with Crippen molar-refractivity contribution in [1.29, 1.82) is 0 Å². The van der Waals surface area contributed by atoms with Crippen LogP contribution >= 0.6 is 0 Å². The van der Waals surface area contributed by atoms with E-state index in [9.17, 15) is 9.90 Å². The normalized spacial score (nSPS) is 21.5. The quantitative estimate of drug-likeness (QED) is 0.859. The molecule has 22 heavy (non-hydrogen) atoms. The van der Waals surface area contributed by atoms with Gasteiger partial charge in [0.15, 0.2) is 0 Å². The third kappa shape index (κ3) is 3.84. The predicted octanol–water partition coefficient (Wildman–Crippen LogP) is 1.24. The number of aromatic nitrogens is 1. The van der Waals surface area contributed by atoms with E-state index in [2.05, 4.69) is 21.3 Å². The molecular formula is C17H25N3O2. The third-order valence-electron chi connectivity index (χ3n) is 4.78. The van der Waals surface area contributed by atoms with Gasteiger partial charge in [-0.25, -0.2) is 0 Å². The number of likely N-dealkylation sites (tertiary alicyclic amines) is 1. The second-order valence-corrected chi connectivity index (χ2v) is 6.59. The molecule has 1 saturated heterocycles. The van der Waals surface area contributed by atoms with Gasteiger partial charge in [0.25, 0.3) is 0 Å². The van der Waals surface area contributed by atoms with Gasteiger partial charge in [0.1, 0.15) is 6.10 Å². The second kappa shape index (κ2) is 6.75. The smallest absolute Gasteiger partial charge is 0.249 e. The molecule has 1 amide bonds. The molecule has 2 aliphatic rings. The number of amides is 1. The van der Waals surface area contributed by atoms with Crippen LogP contribution in [0.5, 0.6) is 0 Å². The molecule has 1 atom stereocenters. The maximum atomic E-state index is 11.9.